The van der Waals surface area contributed by atoms with Crippen molar-refractivity contribution in [1.29, 1.82) is 0 Å². The number of hydrogen-bond acceptors (Lipinski definition) is 2. The van der Waals surface area contributed by atoms with Crippen molar-refractivity contribution in [1.82, 2.24) is 4.90 Å². The van der Waals surface area contributed by atoms with Crippen LogP contribution in [0.2, 0.25) is 0 Å². The molecule has 0 N–H and O–H groups in total. The minimum Gasteiger partial charge on any atom is -0.453 e. The monoisotopic (exact) mass is 179 g/mol. The number of benzene rings is 1. The van der Waals surface area contributed by atoms with Gasteiger partial charge in [0.1, 0.15) is 0 Å². The first-order chi connectivity index (χ1) is 6.24. The highest BCUT2D eigenvalue weighted by Gasteiger charge is 2.07. The number of amides is 1. The molecular weight excluding hydrogens is 166 g/mol. The summed E-state index contributed by atoms with van der Waals surface area (Å²) in [6, 6.07) is 9.78. The minimum atomic E-state index is -0.316. The molecular formula is C10H13NO2. The van der Waals surface area contributed by atoms with E-state index in [-0.39, 0.29) is 6.09 Å². The Morgan fingerprint density at radius 3 is 2.54 bits per heavy atom. The molecule has 0 atom stereocenters. The molecule has 70 valence electrons. The third-order valence-corrected chi connectivity index (χ3v) is 1.75. The van der Waals surface area contributed by atoms with E-state index < -0.39 is 0 Å². The summed E-state index contributed by atoms with van der Waals surface area (Å²) in [7, 11) is 3.09. The maximum Gasteiger partial charge on any atom is 0.409 e. The van der Waals surface area contributed by atoms with E-state index in [1.807, 2.05) is 30.3 Å². The molecule has 3 heteroatoms. The zero-order chi connectivity index (χ0) is 9.68. The zero-order valence-electron chi connectivity index (χ0n) is 7.86. The Bertz CT molecular complexity index is 272. The Morgan fingerprint density at radius 1 is 1.38 bits per heavy atom. The fraction of sp³-hybridized carbons (Fsp3) is 0.300. The standard InChI is InChI=1S/C10H13NO2/c1-11(10(12)13-2)8-9-6-4-3-5-7-9/h3-7H,8H2,1-2H3. The van der Waals surface area contributed by atoms with Crippen LogP contribution >= 0.6 is 0 Å². The summed E-state index contributed by atoms with van der Waals surface area (Å²) in [6.45, 7) is 0.577. The molecule has 0 fully saturated rings. The highest BCUT2D eigenvalue weighted by atomic mass is 16.5. The molecule has 0 spiro atoms. The van der Waals surface area contributed by atoms with Crippen molar-refractivity contribution in [2.24, 2.45) is 0 Å². The maximum atomic E-state index is 11.0. The summed E-state index contributed by atoms with van der Waals surface area (Å²) < 4.78 is 4.57. The van der Waals surface area contributed by atoms with Crippen LogP contribution < -0.4 is 0 Å². The molecule has 0 saturated heterocycles. The van der Waals surface area contributed by atoms with Crippen LogP contribution in [0.3, 0.4) is 0 Å². The van der Waals surface area contributed by atoms with E-state index in [2.05, 4.69) is 4.74 Å². The van der Waals surface area contributed by atoms with E-state index in [9.17, 15) is 4.79 Å². The van der Waals surface area contributed by atoms with Crippen molar-refractivity contribution in [3.8, 4) is 0 Å². The van der Waals surface area contributed by atoms with Gasteiger partial charge in [0.2, 0.25) is 0 Å². The second-order valence-corrected chi connectivity index (χ2v) is 2.81. The quantitative estimate of drug-likeness (QED) is 0.693. The van der Waals surface area contributed by atoms with Gasteiger partial charge in [0.05, 0.1) is 7.11 Å². The number of ether oxygens (including phenoxy) is 1. The molecule has 0 saturated carbocycles. The van der Waals surface area contributed by atoms with Gasteiger partial charge in [-0.25, -0.2) is 4.79 Å². The van der Waals surface area contributed by atoms with Gasteiger partial charge in [0.25, 0.3) is 0 Å². The molecule has 0 unspecified atom stereocenters. The van der Waals surface area contributed by atoms with Gasteiger partial charge < -0.3 is 9.64 Å². The van der Waals surface area contributed by atoms with E-state index in [0.29, 0.717) is 6.54 Å². The van der Waals surface area contributed by atoms with Crippen molar-refractivity contribution in [2.45, 2.75) is 6.54 Å². The molecule has 1 aromatic rings. The lowest BCUT2D eigenvalue weighted by molar-refractivity contribution is 0.131. The Hall–Kier alpha value is -1.51. The molecule has 0 heterocycles. The Morgan fingerprint density at radius 2 is 2.00 bits per heavy atom. The Labute approximate surface area is 77.9 Å². The maximum absolute atomic E-state index is 11.0. The number of nitrogens with zero attached hydrogens (tertiary/aromatic N) is 1. The largest absolute Gasteiger partial charge is 0.453 e. The number of carbonyl (C=O) groups excluding carboxylic acids is 1. The van der Waals surface area contributed by atoms with Crippen molar-refractivity contribution in [2.75, 3.05) is 14.2 Å². The van der Waals surface area contributed by atoms with Gasteiger partial charge in [-0.15, -0.1) is 0 Å². The van der Waals surface area contributed by atoms with Gasteiger partial charge >= 0.3 is 6.09 Å². The van der Waals surface area contributed by atoms with Crippen molar-refractivity contribution in [3.05, 3.63) is 35.9 Å². The van der Waals surface area contributed by atoms with Gasteiger partial charge in [0, 0.05) is 13.6 Å². The van der Waals surface area contributed by atoms with Gasteiger partial charge in [-0.3, -0.25) is 0 Å². The van der Waals surface area contributed by atoms with Crippen LogP contribution in [0.4, 0.5) is 4.79 Å². The van der Waals surface area contributed by atoms with E-state index in [0.717, 1.165) is 5.56 Å². The fourth-order valence-electron chi connectivity index (χ4n) is 1.08. The lowest BCUT2D eigenvalue weighted by Crippen LogP contribution is -2.25. The van der Waals surface area contributed by atoms with Crippen LogP contribution in [0.1, 0.15) is 5.56 Å². The average molecular weight is 179 g/mol. The number of rotatable bonds is 2. The summed E-state index contributed by atoms with van der Waals surface area (Å²) in [5, 5.41) is 0. The van der Waals surface area contributed by atoms with Gasteiger partial charge in [0.15, 0.2) is 0 Å². The van der Waals surface area contributed by atoms with E-state index >= 15 is 0 Å². The van der Waals surface area contributed by atoms with E-state index in [4.69, 9.17) is 0 Å². The first-order valence-corrected chi connectivity index (χ1v) is 4.07. The number of methoxy groups -OCH3 is 1. The third kappa shape index (κ3) is 2.78. The molecule has 0 aliphatic carbocycles. The minimum absolute atomic E-state index is 0.316. The first-order valence-electron chi connectivity index (χ1n) is 4.07. The van der Waals surface area contributed by atoms with Crippen LogP contribution in [0, 0.1) is 0 Å². The van der Waals surface area contributed by atoms with Crippen LogP contribution in [0.15, 0.2) is 30.3 Å². The highest BCUT2D eigenvalue weighted by Crippen LogP contribution is 2.02. The van der Waals surface area contributed by atoms with Crippen molar-refractivity contribution < 1.29 is 9.53 Å². The van der Waals surface area contributed by atoms with E-state index in [1.54, 1.807) is 7.05 Å². The summed E-state index contributed by atoms with van der Waals surface area (Å²) in [5.74, 6) is 0. The molecule has 0 aromatic heterocycles. The smallest absolute Gasteiger partial charge is 0.409 e. The summed E-state index contributed by atoms with van der Waals surface area (Å²) in [5.41, 5.74) is 1.09. The molecule has 0 aliphatic heterocycles. The summed E-state index contributed by atoms with van der Waals surface area (Å²) in [6.07, 6.45) is -0.316. The van der Waals surface area contributed by atoms with Crippen molar-refractivity contribution in [3.63, 3.8) is 0 Å². The second kappa shape index (κ2) is 4.50. The molecule has 0 radical (unpaired) electrons. The lowest BCUT2D eigenvalue weighted by atomic mass is 10.2. The molecule has 1 amide bonds. The normalized spacial score (nSPS) is 9.38. The second-order valence-electron chi connectivity index (χ2n) is 2.81. The summed E-state index contributed by atoms with van der Waals surface area (Å²) in [4.78, 5) is 12.5. The van der Waals surface area contributed by atoms with Crippen molar-refractivity contribution >= 4 is 6.09 Å². The molecule has 3 nitrogen and oxygen atoms in total. The van der Waals surface area contributed by atoms with Gasteiger partial charge in [-0.2, -0.15) is 0 Å². The molecule has 13 heavy (non-hydrogen) atoms. The lowest BCUT2D eigenvalue weighted by Gasteiger charge is -2.14. The van der Waals surface area contributed by atoms with Crippen LogP contribution in [-0.2, 0) is 11.3 Å². The molecule has 1 aromatic carbocycles. The number of carbonyl (C=O) groups is 1. The topological polar surface area (TPSA) is 29.5 Å². The molecule has 1 rings (SSSR count). The fourth-order valence-corrected chi connectivity index (χ4v) is 1.08. The summed E-state index contributed by atoms with van der Waals surface area (Å²) >= 11 is 0. The SMILES string of the molecule is COC(=O)N(C)Cc1ccccc1. The van der Waals surface area contributed by atoms with Crippen LogP contribution in [0.25, 0.3) is 0 Å². The average Bonchev–Trinajstić information content (AvgIpc) is 2.18. The van der Waals surface area contributed by atoms with Crippen LogP contribution in [-0.4, -0.2) is 25.2 Å². The van der Waals surface area contributed by atoms with Crippen LogP contribution in [0.5, 0.6) is 0 Å². The predicted octanol–water partition coefficient (Wildman–Crippen LogP) is 1.88. The zero-order valence-corrected chi connectivity index (χ0v) is 7.86. The predicted molar refractivity (Wildman–Crippen MR) is 50.3 cm³/mol. The Kier molecular flexibility index (Phi) is 3.31. The number of hydrogen-bond donors (Lipinski definition) is 0. The van der Waals surface area contributed by atoms with E-state index in [1.165, 1.54) is 12.0 Å². The van der Waals surface area contributed by atoms with Gasteiger partial charge in [-0.05, 0) is 5.56 Å². The first kappa shape index (κ1) is 9.58. The Balaban J connectivity index is 2.55. The molecule has 0 bridgehead atoms. The molecule has 0 aliphatic rings. The highest BCUT2D eigenvalue weighted by molar-refractivity contribution is 5.66. The van der Waals surface area contributed by atoms with Gasteiger partial charge in [-0.1, -0.05) is 30.3 Å². The third-order valence-electron chi connectivity index (χ3n) is 1.75.